The van der Waals surface area contributed by atoms with Crippen molar-refractivity contribution in [1.82, 2.24) is 4.90 Å². The van der Waals surface area contributed by atoms with Gasteiger partial charge in [0.05, 0.1) is 0 Å². The lowest BCUT2D eigenvalue weighted by Gasteiger charge is -2.35. The fraction of sp³-hybridized carbons (Fsp3) is 0.533. The van der Waals surface area contributed by atoms with E-state index in [4.69, 9.17) is 0 Å². The molecule has 1 aromatic rings. The molecule has 3 heteroatoms. The number of carboxylic acid groups (broad SMARTS) is 1. The van der Waals surface area contributed by atoms with E-state index in [1.165, 1.54) is 12.8 Å². The molecule has 0 spiro atoms. The molecule has 2 rings (SSSR count). The first-order valence-electron chi connectivity index (χ1n) is 6.46. The number of carboxylic acids is 1. The molecule has 0 amide bonds. The van der Waals surface area contributed by atoms with Crippen LogP contribution in [0.4, 0.5) is 0 Å². The van der Waals surface area contributed by atoms with E-state index < -0.39 is 11.5 Å². The average molecular weight is 247 g/mol. The summed E-state index contributed by atoms with van der Waals surface area (Å²) in [5.74, 6) is -0.103. The summed E-state index contributed by atoms with van der Waals surface area (Å²) in [5, 5.41) is 9.62. The molecule has 1 aliphatic rings. The number of benzene rings is 1. The second-order valence-electron chi connectivity index (χ2n) is 5.57. The van der Waals surface area contributed by atoms with Crippen LogP contribution in [0.25, 0.3) is 0 Å². The Balaban J connectivity index is 2.29. The second kappa shape index (κ2) is 4.73. The highest BCUT2D eigenvalue weighted by atomic mass is 16.4. The highest BCUT2D eigenvalue weighted by molar-refractivity contribution is 5.80. The van der Waals surface area contributed by atoms with Crippen molar-refractivity contribution in [1.29, 1.82) is 0 Å². The van der Waals surface area contributed by atoms with Crippen LogP contribution in [0, 0.1) is 12.8 Å². The maximum absolute atomic E-state index is 11.7. The molecule has 1 saturated carbocycles. The van der Waals surface area contributed by atoms with Crippen LogP contribution in [0.2, 0.25) is 0 Å². The van der Waals surface area contributed by atoms with Gasteiger partial charge in [0, 0.05) is 6.54 Å². The third kappa shape index (κ3) is 2.41. The highest BCUT2D eigenvalue weighted by Gasteiger charge is 2.41. The normalized spacial score (nSPS) is 18.7. The minimum absolute atomic E-state index is 0.680. The van der Waals surface area contributed by atoms with Gasteiger partial charge in [-0.25, -0.2) is 4.79 Å². The third-order valence-electron chi connectivity index (χ3n) is 4.02. The van der Waals surface area contributed by atoms with E-state index in [0.717, 1.165) is 17.7 Å². The number of rotatable bonds is 5. The van der Waals surface area contributed by atoms with Gasteiger partial charge in [0.15, 0.2) is 0 Å². The summed E-state index contributed by atoms with van der Waals surface area (Å²) in [6, 6.07) is 7.79. The summed E-state index contributed by atoms with van der Waals surface area (Å²) in [6.45, 7) is 4.66. The minimum Gasteiger partial charge on any atom is -0.480 e. The monoisotopic (exact) mass is 247 g/mol. The van der Waals surface area contributed by atoms with Crippen molar-refractivity contribution in [2.45, 2.75) is 32.2 Å². The molecule has 1 N–H and O–H groups in total. The third-order valence-corrected chi connectivity index (χ3v) is 4.02. The van der Waals surface area contributed by atoms with Crippen LogP contribution in [0.1, 0.15) is 30.9 Å². The van der Waals surface area contributed by atoms with Crippen molar-refractivity contribution in [2.75, 3.05) is 13.6 Å². The molecule has 0 saturated heterocycles. The smallest absolute Gasteiger partial charge is 0.328 e. The zero-order valence-corrected chi connectivity index (χ0v) is 11.3. The van der Waals surface area contributed by atoms with Crippen molar-refractivity contribution in [3.63, 3.8) is 0 Å². The number of hydrogen-bond acceptors (Lipinski definition) is 2. The highest BCUT2D eigenvalue weighted by Crippen LogP contribution is 2.35. The molecule has 0 radical (unpaired) electrons. The molecule has 3 nitrogen and oxygen atoms in total. The molecule has 1 unspecified atom stereocenters. The average Bonchev–Trinajstić information content (AvgIpc) is 3.12. The van der Waals surface area contributed by atoms with Gasteiger partial charge in [0.1, 0.15) is 5.54 Å². The standard InChI is InChI=1S/C15H21NO2/c1-11-4-8-13(9-5-11)15(2,14(17)18)16(3)10-12-6-7-12/h4-5,8-9,12H,6-7,10H2,1-3H3,(H,17,18). The summed E-state index contributed by atoms with van der Waals surface area (Å²) in [7, 11) is 1.91. The van der Waals surface area contributed by atoms with Gasteiger partial charge in [-0.3, -0.25) is 4.90 Å². The van der Waals surface area contributed by atoms with Crippen molar-refractivity contribution in [3.8, 4) is 0 Å². The van der Waals surface area contributed by atoms with E-state index >= 15 is 0 Å². The van der Waals surface area contributed by atoms with Crippen molar-refractivity contribution in [3.05, 3.63) is 35.4 Å². The predicted molar refractivity (Wildman–Crippen MR) is 71.5 cm³/mol. The minimum atomic E-state index is -0.934. The fourth-order valence-corrected chi connectivity index (χ4v) is 2.26. The number of likely N-dealkylation sites (N-methyl/N-ethyl adjacent to an activating group) is 1. The number of carbonyl (C=O) groups is 1. The van der Waals surface area contributed by atoms with E-state index in [2.05, 4.69) is 0 Å². The van der Waals surface area contributed by atoms with Gasteiger partial charge in [0.2, 0.25) is 0 Å². The van der Waals surface area contributed by atoms with Gasteiger partial charge >= 0.3 is 5.97 Å². The zero-order chi connectivity index (χ0) is 13.3. The summed E-state index contributed by atoms with van der Waals surface area (Å²) in [6.07, 6.45) is 2.46. The Labute approximate surface area is 108 Å². The molecule has 1 aliphatic carbocycles. The Morgan fingerprint density at radius 2 is 1.94 bits per heavy atom. The summed E-state index contributed by atoms with van der Waals surface area (Å²) >= 11 is 0. The molecule has 1 atom stereocenters. The van der Waals surface area contributed by atoms with Crippen LogP contribution >= 0.6 is 0 Å². The van der Waals surface area contributed by atoms with Crippen LogP contribution in [0.5, 0.6) is 0 Å². The summed E-state index contributed by atoms with van der Waals surface area (Å²) in [5.41, 5.74) is 1.07. The lowest BCUT2D eigenvalue weighted by Crippen LogP contribution is -2.48. The molecule has 18 heavy (non-hydrogen) atoms. The van der Waals surface area contributed by atoms with Gasteiger partial charge in [-0.2, -0.15) is 0 Å². The molecular weight excluding hydrogens is 226 g/mol. The molecular formula is C15H21NO2. The van der Waals surface area contributed by atoms with Crippen LogP contribution in [0.15, 0.2) is 24.3 Å². The van der Waals surface area contributed by atoms with Crippen molar-refractivity contribution < 1.29 is 9.90 Å². The number of aliphatic carboxylic acids is 1. The van der Waals surface area contributed by atoms with Crippen LogP contribution in [-0.2, 0) is 10.3 Å². The van der Waals surface area contributed by atoms with Crippen LogP contribution < -0.4 is 0 Å². The predicted octanol–water partition coefficient (Wildman–Crippen LogP) is 2.64. The molecule has 98 valence electrons. The Hall–Kier alpha value is -1.35. The second-order valence-corrected chi connectivity index (χ2v) is 5.57. The quantitative estimate of drug-likeness (QED) is 0.869. The Kier molecular flexibility index (Phi) is 3.44. The van der Waals surface area contributed by atoms with E-state index in [0.29, 0.717) is 5.92 Å². The first-order valence-corrected chi connectivity index (χ1v) is 6.46. The Morgan fingerprint density at radius 3 is 2.39 bits per heavy atom. The van der Waals surface area contributed by atoms with Gasteiger partial charge in [-0.15, -0.1) is 0 Å². The summed E-state index contributed by atoms with van der Waals surface area (Å²) in [4.78, 5) is 13.7. The number of aryl methyl sites for hydroxylation is 1. The molecule has 0 heterocycles. The van der Waals surface area contributed by atoms with Crippen LogP contribution in [-0.4, -0.2) is 29.6 Å². The van der Waals surface area contributed by atoms with Gasteiger partial charge in [-0.05, 0) is 45.2 Å². The maximum Gasteiger partial charge on any atom is 0.328 e. The van der Waals surface area contributed by atoms with E-state index in [1.54, 1.807) is 6.92 Å². The zero-order valence-electron chi connectivity index (χ0n) is 11.3. The van der Waals surface area contributed by atoms with E-state index in [1.807, 2.05) is 43.1 Å². The van der Waals surface area contributed by atoms with Crippen molar-refractivity contribution in [2.24, 2.45) is 5.92 Å². The number of nitrogens with zero attached hydrogens (tertiary/aromatic N) is 1. The van der Waals surface area contributed by atoms with Gasteiger partial charge < -0.3 is 5.11 Å². The molecule has 0 aliphatic heterocycles. The van der Waals surface area contributed by atoms with E-state index in [9.17, 15) is 9.90 Å². The topological polar surface area (TPSA) is 40.5 Å². The lowest BCUT2D eigenvalue weighted by molar-refractivity contribution is -0.150. The van der Waals surface area contributed by atoms with E-state index in [-0.39, 0.29) is 0 Å². The molecule has 0 bridgehead atoms. The SMILES string of the molecule is Cc1ccc(C(C)(C(=O)O)N(C)CC2CC2)cc1. The largest absolute Gasteiger partial charge is 0.480 e. The fourth-order valence-electron chi connectivity index (χ4n) is 2.26. The molecule has 1 fully saturated rings. The Morgan fingerprint density at radius 1 is 1.39 bits per heavy atom. The molecule has 1 aromatic carbocycles. The maximum atomic E-state index is 11.7. The lowest BCUT2D eigenvalue weighted by atomic mass is 9.89. The Bertz CT molecular complexity index is 436. The van der Waals surface area contributed by atoms with Gasteiger partial charge in [-0.1, -0.05) is 29.8 Å². The van der Waals surface area contributed by atoms with Crippen molar-refractivity contribution >= 4 is 5.97 Å². The summed E-state index contributed by atoms with van der Waals surface area (Å²) < 4.78 is 0. The number of hydrogen-bond donors (Lipinski definition) is 1. The first-order chi connectivity index (χ1) is 8.44. The molecule has 0 aromatic heterocycles. The first kappa shape index (κ1) is 13.1. The van der Waals surface area contributed by atoms with Gasteiger partial charge in [0.25, 0.3) is 0 Å². The van der Waals surface area contributed by atoms with Crippen LogP contribution in [0.3, 0.4) is 0 Å².